The van der Waals surface area contributed by atoms with E-state index in [4.69, 9.17) is 9.47 Å². The predicted molar refractivity (Wildman–Crippen MR) is 132 cm³/mol. The van der Waals surface area contributed by atoms with Crippen molar-refractivity contribution >= 4 is 27.9 Å². The van der Waals surface area contributed by atoms with Crippen LogP contribution >= 0.6 is 15.9 Å². The highest BCUT2D eigenvalue weighted by Gasteiger charge is 2.19. The third-order valence-electron chi connectivity index (χ3n) is 5.38. The van der Waals surface area contributed by atoms with E-state index < -0.39 is 11.9 Å². The topological polar surface area (TPSA) is 52.6 Å². The fraction of sp³-hybridized carbons (Fsp3) is 0.481. The van der Waals surface area contributed by atoms with Crippen molar-refractivity contribution in [3.8, 4) is 0 Å². The number of hydrogen-bond acceptors (Lipinski definition) is 4. The van der Waals surface area contributed by atoms with Crippen LogP contribution < -0.4 is 0 Å². The van der Waals surface area contributed by atoms with Crippen LogP contribution in [0.25, 0.3) is 0 Å². The summed E-state index contributed by atoms with van der Waals surface area (Å²) in [5.74, 6) is -1.00. The summed E-state index contributed by atoms with van der Waals surface area (Å²) in [6.07, 6.45) is 12.3. The Bertz CT molecular complexity index is 817. The zero-order chi connectivity index (χ0) is 23.0. The quantitative estimate of drug-likeness (QED) is 0.183. The summed E-state index contributed by atoms with van der Waals surface area (Å²) >= 11 is 3.38. The second kappa shape index (κ2) is 15.6. The average Bonchev–Trinajstić information content (AvgIpc) is 2.82. The van der Waals surface area contributed by atoms with Gasteiger partial charge in [-0.15, -0.1) is 0 Å². The molecular formula is C27H35BrO4. The number of unbranched alkanes of at least 4 members (excludes halogenated alkanes) is 9. The summed E-state index contributed by atoms with van der Waals surface area (Å²) < 4.78 is 11.8. The number of ether oxygens (including phenoxy) is 2. The van der Waals surface area contributed by atoms with E-state index in [9.17, 15) is 9.59 Å². The van der Waals surface area contributed by atoms with Crippen molar-refractivity contribution in [1.82, 2.24) is 0 Å². The summed E-state index contributed by atoms with van der Waals surface area (Å²) in [6.45, 7) is 2.76. The van der Waals surface area contributed by atoms with Gasteiger partial charge in [0.1, 0.15) is 6.61 Å². The molecule has 174 valence electrons. The van der Waals surface area contributed by atoms with E-state index in [0.29, 0.717) is 6.61 Å². The Morgan fingerprint density at radius 3 is 1.75 bits per heavy atom. The van der Waals surface area contributed by atoms with Crippen LogP contribution in [-0.2, 0) is 16.1 Å². The molecule has 0 heterocycles. The number of halogens is 1. The van der Waals surface area contributed by atoms with Crippen LogP contribution in [0, 0.1) is 0 Å². The molecule has 0 radical (unpaired) electrons. The summed E-state index contributed by atoms with van der Waals surface area (Å²) in [4.78, 5) is 25.0. The molecule has 0 aliphatic heterocycles. The zero-order valence-electron chi connectivity index (χ0n) is 19.1. The van der Waals surface area contributed by atoms with Gasteiger partial charge in [-0.3, -0.25) is 0 Å². The first-order chi connectivity index (χ1) is 15.6. The molecule has 0 fully saturated rings. The Kier molecular flexibility index (Phi) is 12.8. The second-order valence-corrected chi connectivity index (χ2v) is 8.98. The van der Waals surface area contributed by atoms with Gasteiger partial charge in [0.15, 0.2) is 0 Å². The van der Waals surface area contributed by atoms with Gasteiger partial charge in [-0.1, -0.05) is 105 Å². The van der Waals surface area contributed by atoms with Crippen molar-refractivity contribution in [2.75, 3.05) is 6.61 Å². The third kappa shape index (κ3) is 9.99. The molecule has 0 saturated carbocycles. The molecule has 4 nitrogen and oxygen atoms in total. The van der Waals surface area contributed by atoms with Gasteiger partial charge in [0, 0.05) is 4.47 Å². The summed E-state index contributed by atoms with van der Waals surface area (Å²) in [7, 11) is 0. The molecule has 32 heavy (non-hydrogen) atoms. The van der Waals surface area contributed by atoms with E-state index in [1.54, 1.807) is 24.3 Å². The van der Waals surface area contributed by atoms with Gasteiger partial charge in [0.25, 0.3) is 0 Å². The first-order valence-corrected chi connectivity index (χ1v) is 12.6. The van der Waals surface area contributed by atoms with Crippen molar-refractivity contribution in [2.45, 2.75) is 77.7 Å². The molecule has 0 atom stereocenters. The average molecular weight is 503 g/mol. The normalized spacial score (nSPS) is 10.7. The molecular weight excluding hydrogens is 468 g/mol. The van der Waals surface area contributed by atoms with Crippen molar-refractivity contribution in [3.63, 3.8) is 0 Å². The molecule has 0 amide bonds. The lowest BCUT2D eigenvalue weighted by atomic mass is 10.1. The van der Waals surface area contributed by atoms with Crippen LogP contribution in [0.15, 0.2) is 53.0 Å². The van der Waals surface area contributed by atoms with E-state index in [1.807, 2.05) is 24.3 Å². The fourth-order valence-electron chi connectivity index (χ4n) is 3.48. The standard InChI is InChI=1S/C27H35BrO4/c1-2-3-4-5-6-7-8-9-10-13-20-31-26(29)24-14-11-12-15-25(24)27(30)32-21-22-16-18-23(28)19-17-22/h11-12,14-19H,2-10,13,20-21H2,1H3. The first kappa shape index (κ1) is 26.1. The van der Waals surface area contributed by atoms with Gasteiger partial charge < -0.3 is 9.47 Å². The number of hydrogen-bond donors (Lipinski definition) is 0. The largest absolute Gasteiger partial charge is 0.462 e. The number of carbonyl (C=O) groups is 2. The molecule has 2 aromatic carbocycles. The molecule has 0 aliphatic carbocycles. The molecule has 2 aromatic rings. The predicted octanol–water partition coefficient (Wildman–Crippen LogP) is 7.88. The van der Waals surface area contributed by atoms with Gasteiger partial charge in [0.2, 0.25) is 0 Å². The van der Waals surface area contributed by atoms with E-state index in [2.05, 4.69) is 22.9 Å². The van der Waals surface area contributed by atoms with Gasteiger partial charge in [0.05, 0.1) is 17.7 Å². The third-order valence-corrected chi connectivity index (χ3v) is 5.91. The smallest absolute Gasteiger partial charge is 0.339 e. The maximum absolute atomic E-state index is 12.5. The van der Waals surface area contributed by atoms with Crippen LogP contribution in [0.4, 0.5) is 0 Å². The number of rotatable bonds is 15. The summed E-state index contributed by atoms with van der Waals surface area (Å²) in [5, 5.41) is 0. The molecule has 0 saturated heterocycles. The molecule has 0 N–H and O–H groups in total. The Balaban J connectivity index is 1.69. The molecule has 0 aliphatic rings. The second-order valence-electron chi connectivity index (χ2n) is 8.07. The minimum Gasteiger partial charge on any atom is -0.462 e. The molecule has 0 bridgehead atoms. The van der Waals surface area contributed by atoms with E-state index in [1.165, 1.54) is 51.4 Å². The molecule has 0 unspecified atom stereocenters. The summed E-state index contributed by atoms with van der Waals surface area (Å²) in [5.41, 5.74) is 1.36. The van der Waals surface area contributed by atoms with Crippen LogP contribution in [0.3, 0.4) is 0 Å². The first-order valence-electron chi connectivity index (χ1n) is 11.8. The van der Waals surface area contributed by atoms with Gasteiger partial charge in [-0.25, -0.2) is 9.59 Å². The van der Waals surface area contributed by atoms with Gasteiger partial charge >= 0.3 is 11.9 Å². The lowest BCUT2D eigenvalue weighted by Crippen LogP contribution is -2.14. The van der Waals surface area contributed by atoms with Crippen molar-refractivity contribution in [3.05, 3.63) is 69.7 Å². The van der Waals surface area contributed by atoms with E-state index in [0.717, 1.165) is 22.9 Å². The van der Waals surface area contributed by atoms with Crippen LogP contribution in [0.1, 0.15) is 97.4 Å². The number of benzene rings is 2. The Labute approximate surface area is 200 Å². The van der Waals surface area contributed by atoms with Crippen molar-refractivity contribution in [2.24, 2.45) is 0 Å². The maximum Gasteiger partial charge on any atom is 0.339 e. The minimum absolute atomic E-state index is 0.147. The molecule has 5 heteroatoms. The highest BCUT2D eigenvalue weighted by molar-refractivity contribution is 9.10. The lowest BCUT2D eigenvalue weighted by molar-refractivity contribution is 0.0436. The monoisotopic (exact) mass is 502 g/mol. The number of esters is 2. The number of carbonyl (C=O) groups excluding carboxylic acids is 2. The maximum atomic E-state index is 12.5. The lowest BCUT2D eigenvalue weighted by Gasteiger charge is -2.10. The fourth-order valence-corrected chi connectivity index (χ4v) is 3.74. The molecule has 0 aromatic heterocycles. The Morgan fingerprint density at radius 2 is 1.19 bits per heavy atom. The Morgan fingerprint density at radius 1 is 0.688 bits per heavy atom. The molecule has 2 rings (SSSR count). The highest BCUT2D eigenvalue weighted by Crippen LogP contribution is 2.16. The van der Waals surface area contributed by atoms with Crippen LogP contribution in [-0.4, -0.2) is 18.5 Å². The highest BCUT2D eigenvalue weighted by atomic mass is 79.9. The van der Waals surface area contributed by atoms with Gasteiger partial charge in [-0.2, -0.15) is 0 Å². The van der Waals surface area contributed by atoms with Crippen LogP contribution in [0.5, 0.6) is 0 Å². The van der Waals surface area contributed by atoms with E-state index in [-0.39, 0.29) is 17.7 Å². The van der Waals surface area contributed by atoms with Crippen LogP contribution in [0.2, 0.25) is 0 Å². The SMILES string of the molecule is CCCCCCCCCCCCOC(=O)c1ccccc1C(=O)OCc1ccc(Br)cc1. The summed E-state index contributed by atoms with van der Waals surface area (Å²) in [6, 6.07) is 14.2. The van der Waals surface area contributed by atoms with E-state index >= 15 is 0 Å². The zero-order valence-corrected chi connectivity index (χ0v) is 20.7. The Hall–Kier alpha value is -2.14. The van der Waals surface area contributed by atoms with Gasteiger partial charge in [-0.05, 0) is 36.2 Å². The molecule has 0 spiro atoms. The van der Waals surface area contributed by atoms with Crippen molar-refractivity contribution in [1.29, 1.82) is 0 Å². The van der Waals surface area contributed by atoms with Crippen molar-refractivity contribution < 1.29 is 19.1 Å². The minimum atomic E-state index is -0.528.